The van der Waals surface area contributed by atoms with Gasteiger partial charge in [0, 0.05) is 11.1 Å². The van der Waals surface area contributed by atoms with Crippen LogP contribution < -0.4 is 4.90 Å². The van der Waals surface area contributed by atoms with Crippen molar-refractivity contribution in [2.24, 2.45) is 0 Å². The summed E-state index contributed by atoms with van der Waals surface area (Å²) in [5.74, 6) is -0.631. The monoisotopic (exact) mass is 527 g/mol. The summed E-state index contributed by atoms with van der Waals surface area (Å²) in [6.45, 7) is 0. The van der Waals surface area contributed by atoms with Gasteiger partial charge >= 0.3 is 0 Å². The van der Waals surface area contributed by atoms with E-state index in [-0.39, 0.29) is 11.8 Å². The van der Waals surface area contributed by atoms with Crippen molar-refractivity contribution in [3.8, 4) is 44.5 Å². The molecule has 2 amide bonds. The summed E-state index contributed by atoms with van der Waals surface area (Å²) in [7, 11) is 0. The van der Waals surface area contributed by atoms with Gasteiger partial charge in [-0.2, -0.15) is 0 Å². The number of nitrogens with zero attached hydrogens (tertiary/aromatic N) is 1. The van der Waals surface area contributed by atoms with Crippen LogP contribution in [0.5, 0.6) is 0 Å². The smallest absolute Gasteiger partial charge is 0.266 e. The summed E-state index contributed by atoms with van der Waals surface area (Å²) in [6, 6.07) is 49.4. The standard InChI is InChI=1S/C38H25NO2/c40-37-35-33(28-20-10-3-11-21-28)31(26-16-6-1-7-17-26)32(27-18-8-2-9-19-27)34(29-22-12-4-13-23-29)36(35)38(41)39(37)30-24-14-5-15-25-30/h1-25H. The Morgan fingerprint density at radius 1 is 0.293 bits per heavy atom. The molecular weight excluding hydrogens is 502 g/mol. The van der Waals surface area contributed by atoms with Crippen LogP contribution in [0.15, 0.2) is 152 Å². The Labute approximate surface area is 239 Å². The number of carbonyl (C=O) groups excluding carboxylic acids is 2. The maximum Gasteiger partial charge on any atom is 0.266 e. The average molecular weight is 528 g/mol. The lowest BCUT2D eigenvalue weighted by molar-refractivity contribution is 0.0926. The van der Waals surface area contributed by atoms with Gasteiger partial charge < -0.3 is 0 Å². The number of para-hydroxylation sites is 1. The van der Waals surface area contributed by atoms with Gasteiger partial charge in [0.25, 0.3) is 11.8 Å². The van der Waals surface area contributed by atoms with Crippen molar-refractivity contribution >= 4 is 17.5 Å². The highest BCUT2D eigenvalue weighted by Gasteiger charge is 2.43. The van der Waals surface area contributed by atoms with E-state index in [4.69, 9.17) is 0 Å². The minimum absolute atomic E-state index is 0.316. The molecule has 0 atom stereocenters. The fraction of sp³-hybridized carbons (Fsp3) is 0. The predicted octanol–water partition coefficient (Wildman–Crippen LogP) is 9.16. The van der Waals surface area contributed by atoms with E-state index < -0.39 is 0 Å². The third kappa shape index (κ3) is 4.07. The summed E-state index contributed by atoms with van der Waals surface area (Å²) >= 11 is 0. The van der Waals surface area contributed by atoms with Crippen molar-refractivity contribution in [2.75, 3.05) is 4.90 Å². The minimum atomic E-state index is -0.316. The Bertz CT molecular complexity index is 1760. The molecule has 0 saturated carbocycles. The van der Waals surface area contributed by atoms with Crippen molar-refractivity contribution in [3.63, 3.8) is 0 Å². The van der Waals surface area contributed by atoms with E-state index >= 15 is 0 Å². The second kappa shape index (κ2) is 10.2. The molecule has 0 radical (unpaired) electrons. The zero-order chi connectivity index (χ0) is 27.8. The molecule has 0 aliphatic carbocycles. The lowest BCUT2D eigenvalue weighted by atomic mass is 9.78. The van der Waals surface area contributed by atoms with E-state index in [9.17, 15) is 9.59 Å². The lowest BCUT2D eigenvalue weighted by Crippen LogP contribution is -2.29. The van der Waals surface area contributed by atoms with Gasteiger partial charge in [-0.25, -0.2) is 4.90 Å². The normalized spacial score (nSPS) is 12.4. The topological polar surface area (TPSA) is 37.4 Å². The van der Waals surface area contributed by atoms with Crippen LogP contribution in [0.4, 0.5) is 5.69 Å². The van der Waals surface area contributed by atoms with Crippen molar-refractivity contribution in [1.82, 2.24) is 0 Å². The third-order valence-electron chi connectivity index (χ3n) is 7.60. The number of amides is 2. The quantitative estimate of drug-likeness (QED) is 0.210. The van der Waals surface area contributed by atoms with Crippen LogP contribution in [-0.4, -0.2) is 11.8 Å². The van der Waals surface area contributed by atoms with Crippen LogP contribution in [0.3, 0.4) is 0 Å². The predicted molar refractivity (Wildman–Crippen MR) is 166 cm³/mol. The molecule has 1 aliphatic rings. The van der Waals surface area contributed by atoms with E-state index in [0.29, 0.717) is 16.8 Å². The zero-order valence-electron chi connectivity index (χ0n) is 22.2. The lowest BCUT2D eigenvalue weighted by Gasteiger charge is -2.23. The number of hydrogen-bond acceptors (Lipinski definition) is 2. The molecule has 41 heavy (non-hydrogen) atoms. The van der Waals surface area contributed by atoms with Crippen LogP contribution in [0.2, 0.25) is 0 Å². The molecule has 0 N–H and O–H groups in total. The van der Waals surface area contributed by atoms with Crippen molar-refractivity contribution < 1.29 is 9.59 Å². The van der Waals surface area contributed by atoms with Gasteiger partial charge in [0.05, 0.1) is 16.8 Å². The largest absolute Gasteiger partial charge is 0.268 e. The highest BCUT2D eigenvalue weighted by Crippen LogP contribution is 2.52. The molecule has 0 aromatic heterocycles. The summed E-state index contributed by atoms with van der Waals surface area (Å²) < 4.78 is 0. The van der Waals surface area contributed by atoms with Crippen LogP contribution in [-0.2, 0) is 0 Å². The average Bonchev–Trinajstić information content (AvgIpc) is 3.31. The van der Waals surface area contributed by atoms with Gasteiger partial charge in [-0.1, -0.05) is 140 Å². The summed E-state index contributed by atoms with van der Waals surface area (Å²) in [5, 5.41) is 0. The first-order valence-electron chi connectivity index (χ1n) is 13.6. The zero-order valence-corrected chi connectivity index (χ0v) is 22.2. The Balaban J connectivity index is 1.72. The number of benzene rings is 6. The maximum absolute atomic E-state index is 14.5. The first-order valence-corrected chi connectivity index (χ1v) is 13.6. The third-order valence-corrected chi connectivity index (χ3v) is 7.60. The number of anilines is 1. The van der Waals surface area contributed by atoms with Crippen LogP contribution in [0, 0.1) is 0 Å². The molecule has 3 nitrogen and oxygen atoms in total. The maximum atomic E-state index is 14.5. The van der Waals surface area contributed by atoms with Gasteiger partial charge in [0.15, 0.2) is 0 Å². The first-order chi connectivity index (χ1) is 20.2. The number of imide groups is 1. The summed E-state index contributed by atoms with van der Waals surface area (Å²) in [4.78, 5) is 30.4. The highest BCUT2D eigenvalue weighted by molar-refractivity contribution is 6.39. The van der Waals surface area contributed by atoms with E-state index in [2.05, 4.69) is 24.3 Å². The first kappa shape index (κ1) is 24.5. The van der Waals surface area contributed by atoms with Crippen LogP contribution >= 0.6 is 0 Å². The molecule has 6 aromatic rings. The second-order valence-electron chi connectivity index (χ2n) is 10.00. The van der Waals surface area contributed by atoms with Gasteiger partial charge in [0.2, 0.25) is 0 Å². The molecule has 0 saturated heterocycles. The number of fused-ring (bicyclic) bond motifs is 1. The number of hydrogen-bond donors (Lipinski definition) is 0. The fourth-order valence-corrected chi connectivity index (χ4v) is 5.88. The Morgan fingerprint density at radius 3 is 0.829 bits per heavy atom. The summed E-state index contributed by atoms with van der Waals surface area (Å²) in [5.41, 5.74) is 8.53. The SMILES string of the molecule is O=C1c2c(c(-c3ccccc3)c(-c3ccccc3)c(-c3ccccc3)c2-c2ccccc2)C(=O)N1c1ccccc1. The molecule has 0 bridgehead atoms. The van der Waals surface area contributed by atoms with Crippen molar-refractivity contribution in [1.29, 1.82) is 0 Å². The second-order valence-corrected chi connectivity index (χ2v) is 10.00. The molecule has 1 heterocycles. The van der Waals surface area contributed by atoms with Gasteiger partial charge in [0.1, 0.15) is 0 Å². The van der Waals surface area contributed by atoms with Crippen molar-refractivity contribution in [3.05, 3.63) is 163 Å². The molecule has 0 fully saturated rings. The minimum Gasteiger partial charge on any atom is -0.268 e. The van der Waals surface area contributed by atoms with Crippen molar-refractivity contribution in [2.45, 2.75) is 0 Å². The summed E-state index contributed by atoms with van der Waals surface area (Å²) in [6.07, 6.45) is 0. The van der Waals surface area contributed by atoms with E-state index in [0.717, 1.165) is 44.5 Å². The number of carbonyl (C=O) groups is 2. The molecule has 3 heteroatoms. The molecule has 7 rings (SSSR count). The molecule has 1 aliphatic heterocycles. The van der Waals surface area contributed by atoms with Gasteiger partial charge in [-0.15, -0.1) is 0 Å². The molecule has 0 spiro atoms. The van der Waals surface area contributed by atoms with E-state index in [1.807, 2.05) is 127 Å². The number of rotatable bonds is 5. The Hall–Kier alpha value is -5.54. The highest BCUT2D eigenvalue weighted by atomic mass is 16.2. The Morgan fingerprint density at radius 2 is 0.537 bits per heavy atom. The molecule has 0 unspecified atom stereocenters. The van der Waals surface area contributed by atoms with E-state index in [1.54, 1.807) is 0 Å². The van der Waals surface area contributed by atoms with Gasteiger partial charge in [-0.05, 0) is 45.5 Å². The molecular formula is C38H25NO2. The Kier molecular flexibility index (Phi) is 6.10. The fourth-order valence-electron chi connectivity index (χ4n) is 5.88. The molecule has 194 valence electrons. The van der Waals surface area contributed by atoms with Crippen LogP contribution in [0.25, 0.3) is 44.5 Å². The van der Waals surface area contributed by atoms with Crippen LogP contribution in [0.1, 0.15) is 20.7 Å². The van der Waals surface area contributed by atoms with Gasteiger partial charge in [-0.3, -0.25) is 9.59 Å². The van der Waals surface area contributed by atoms with E-state index in [1.165, 1.54) is 4.90 Å². The molecule has 6 aromatic carbocycles.